The zero-order valence-electron chi connectivity index (χ0n) is 8.36. The van der Waals surface area contributed by atoms with E-state index >= 15 is 0 Å². The summed E-state index contributed by atoms with van der Waals surface area (Å²) in [7, 11) is 0. The molecule has 1 nitrogen and oxygen atoms in total. The van der Waals surface area contributed by atoms with Gasteiger partial charge in [0.2, 0.25) is 0 Å². The van der Waals surface area contributed by atoms with Gasteiger partial charge < -0.3 is 0 Å². The van der Waals surface area contributed by atoms with Crippen LogP contribution in [-0.2, 0) is 4.79 Å². The van der Waals surface area contributed by atoms with E-state index in [2.05, 4.69) is 13.2 Å². The van der Waals surface area contributed by atoms with Crippen molar-refractivity contribution in [3.8, 4) is 0 Å². The molecule has 0 N–H and O–H groups in total. The topological polar surface area (TPSA) is 17.1 Å². The number of fused-ring (bicyclic) bond motifs is 1. The van der Waals surface area contributed by atoms with Crippen LogP contribution < -0.4 is 0 Å². The lowest BCUT2D eigenvalue weighted by Gasteiger charge is -2.04. The Balaban J connectivity index is 2.63. The number of rotatable bonds is 2. The SMILES string of the molecule is C=C/C=C1/C(=O)C2=CC=C[CH]C2=C1C=C. The van der Waals surface area contributed by atoms with Gasteiger partial charge in [-0.15, -0.1) is 0 Å². The van der Waals surface area contributed by atoms with Crippen LogP contribution in [-0.4, -0.2) is 5.78 Å². The largest absolute Gasteiger partial charge is 0.289 e. The molecule has 0 saturated carbocycles. The Labute approximate surface area is 89.5 Å². The fraction of sp³-hybridized carbons (Fsp3) is 0. The second-order valence-electron chi connectivity index (χ2n) is 3.31. The number of hydrogen-bond acceptors (Lipinski definition) is 1. The summed E-state index contributed by atoms with van der Waals surface area (Å²) in [5.74, 6) is 0.0559. The van der Waals surface area contributed by atoms with Crippen LogP contribution in [0.2, 0.25) is 0 Å². The minimum absolute atomic E-state index is 0.0559. The van der Waals surface area contributed by atoms with Gasteiger partial charge in [0.25, 0.3) is 0 Å². The normalized spacial score (nSPS) is 21.7. The van der Waals surface area contributed by atoms with Crippen LogP contribution in [0.4, 0.5) is 0 Å². The molecule has 0 fully saturated rings. The standard InChI is InChI=1S/C14H11O/c1-3-7-12-10(4-2)11-8-5-6-9-13(11)14(12)15/h3-9H,1-2H2/b12-7+. The molecule has 0 unspecified atom stereocenters. The highest BCUT2D eigenvalue weighted by Crippen LogP contribution is 2.37. The quantitative estimate of drug-likeness (QED) is 0.619. The second-order valence-corrected chi connectivity index (χ2v) is 3.31. The minimum Gasteiger partial charge on any atom is -0.289 e. The van der Waals surface area contributed by atoms with Gasteiger partial charge in [0.05, 0.1) is 0 Å². The zero-order valence-corrected chi connectivity index (χ0v) is 8.36. The van der Waals surface area contributed by atoms with Crippen molar-refractivity contribution in [1.82, 2.24) is 0 Å². The third kappa shape index (κ3) is 1.37. The molecule has 0 spiro atoms. The molecule has 0 aromatic rings. The van der Waals surface area contributed by atoms with E-state index in [-0.39, 0.29) is 5.78 Å². The fourth-order valence-corrected chi connectivity index (χ4v) is 1.83. The maximum absolute atomic E-state index is 12.0. The van der Waals surface area contributed by atoms with Gasteiger partial charge in [0.1, 0.15) is 0 Å². The average molecular weight is 195 g/mol. The van der Waals surface area contributed by atoms with Crippen LogP contribution in [0.25, 0.3) is 0 Å². The summed E-state index contributed by atoms with van der Waals surface area (Å²) in [5, 5.41) is 0. The first-order chi connectivity index (χ1) is 7.29. The lowest BCUT2D eigenvalue weighted by Crippen LogP contribution is -2.00. The number of allylic oxidation sites excluding steroid dienone is 10. The maximum Gasteiger partial charge on any atom is 0.193 e. The van der Waals surface area contributed by atoms with E-state index < -0.39 is 0 Å². The van der Waals surface area contributed by atoms with Crippen LogP contribution in [0, 0.1) is 6.42 Å². The van der Waals surface area contributed by atoms with E-state index in [0.29, 0.717) is 5.57 Å². The molecule has 0 atom stereocenters. The number of carbonyl (C=O) groups excluding carboxylic acids is 1. The molecule has 1 radical (unpaired) electrons. The van der Waals surface area contributed by atoms with Crippen molar-refractivity contribution < 1.29 is 4.79 Å². The van der Waals surface area contributed by atoms with Crippen molar-refractivity contribution >= 4 is 5.78 Å². The summed E-state index contributed by atoms with van der Waals surface area (Å²) in [6, 6.07) is 0. The van der Waals surface area contributed by atoms with Crippen LogP contribution in [0.5, 0.6) is 0 Å². The lowest BCUT2D eigenvalue weighted by atomic mass is 9.99. The smallest absolute Gasteiger partial charge is 0.193 e. The molecule has 0 aromatic heterocycles. The minimum atomic E-state index is 0.0559. The molecule has 0 aromatic carbocycles. The van der Waals surface area contributed by atoms with Crippen molar-refractivity contribution in [2.75, 3.05) is 0 Å². The first kappa shape index (κ1) is 9.66. The summed E-state index contributed by atoms with van der Waals surface area (Å²) in [4.78, 5) is 12.0. The van der Waals surface area contributed by atoms with Gasteiger partial charge in [-0.3, -0.25) is 4.79 Å². The Morgan fingerprint density at radius 2 is 2.00 bits per heavy atom. The summed E-state index contributed by atoms with van der Waals surface area (Å²) >= 11 is 0. The zero-order chi connectivity index (χ0) is 10.8. The van der Waals surface area contributed by atoms with E-state index in [1.54, 1.807) is 18.2 Å². The monoisotopic (exact) mass is 195 g/mol. The summed E-state index contributed by atoms with van der Waals surface area (Å²) in [6.07, 6.45) is 12.7. The van der Waals surface area contributed by atoms with Gasteiger partial charge in [0.15, 0.2) is 5.78 Å². The Morgan fingerprint density at radius 3 is 2.67 bits per heavy atom. The highest BCUT2D eigenvalue weighted by molar-refractivity contribution is 6.19. The molecule has 73 valence electrons. The number of Topliss-reactive ketones (excluding diaryl/α,β-unsaturated/α-hetero) is 1. The van der Waals surface area contributed by atoms with Crippen molar-refractivity contribution in [3.63, 3.8) is 0 Å². The summed E-state index contributed by atoms with van der Waals surface area (Å²) in [6.45, 7) is 7.36. The van der Waals surface area contributed by atoms with Crippen molar-refractivity contribution in [3.05, 3.63) is 78.3 Å². The Hall–Kier alpha value is -1.89. The molecule has 0 saturated heterocycles. The molecule has 2 aliphatic carbocycles. The van der Waals surface area contributed by atoms with Gasteiger partial charge in [0, 0.05) is 17.6 Å². The highest BCUT2D eigenvalue weighted by Gasteiger charge is 2.30. The molecule has 0 amide bonds. The van der Waals surface area contributed by atoms with E-state index in [1.165, 1.54) is 0 Å². The molecular formula is C14H11O. The molecule has 2 aliphatic rings. The number of ketones is 1. The van der Waals surface area contributed by atoms with Crippen LogP contribution in [0.3, 0.4) is 0 Å². The Bertz CT molecular complexity index is 468. The molecule has 15 heavy (non-hydrogen) atoms. The first-order valence-corrected chi connectivity index (χ1v) is 4.76. The van der Waals surface area contributed by atoms with Crippen LogP contribution in [0.1, 0.15) is 0 Å². The van der Waals surface area contributed by atoms with Gasteiger partial charge in [-0.25, -0.2) is 0 Å². The highest BCUT2D eigenvalue weighted by atomic mass is 16.1. The second kappa shape index (κ2) is 3.70. The molecule has 0 bridgehead atoms. The molecule has 0 aliphatic heterocycles. The number of carbonyl (C=O) groups is 1. The summed E-state index contributed by atoms with van der Waals surface area (Å²) < 4.78 is 0. The summed E-state index contributed by atoms with van der Waals surface area (Å²) in [5.41, 5.74) is 3.29. The van der Waals surface area contributed by atoms with Crippen molar-refractivity contribution in [1.29, 1.82) is 0 Å². The predicted molar refractivity (Wildman–Crippen MR) is 62.0 cm³/mol. The van der Waals surface area contributed by atoms with E-state index in [1.807, 2.05) is 24.6 Å². The third-order valence-electron chi connectivity index (χ3n) is 2.49. The molecule has 1 heteroatoms. The fourth-order valence-electron chi connectivity index (χ4n) is 1.83. The third-order valence-corrected chi connectivity index (χ3v) is 2.49. The van der Waals surface area contributed by atoms with E-state index in [9.17, 15) is 4.79 Å². The molecular weight excluding hydrogens is 184 g/mol. The van der Waals surface area contributed by atoms with Crippen LogP contribution in [0.15, 0.2) is 71.9 Å². The molecule has 2 rings (SSSR count). The van der Waals surface area contributed by atoms with Gasteiger partial charge in [-0.1, -0.05) is 49.6 Å². The maximum atomic E-state index is 12.0. The van der Waals surface area contributed by atoms with Crippen LogP contribution >= 0.6 is 0 Å². The van der Waals surface area contributed by atoms with E-state index in [4.69, 9.17) is 0 Å². The first-order valence-electron chi connectivity index (χ1n) is 4.76. The predicted octanol–water partition coefficient (Wildman–Crippen LogP) is 2.86. The average Bonchev–Trinajstić information content (AvgIpc) is 2.54. The van der Waals surface area contributed by atoms with Gasteiger partial charge in [-0.2, -0.15) is 0 Å². The molecule has 0 heterocycles. The van der Waals surface area contributed by atoms with Crippen molar-refractivity contribution in [2.24, 2.45) is 0 Å². The van der Waals surface area contributed by atoms with E-state index in [0.717, 1.165) is 16.7 Å². The Kier molecular flexibility index (Phi) is 2.38. The lowest BCUT2D eigenvalue weighted by molar-refractivity contribution is -0.111. The van der Waals surface area contributed by atoms with Gasteiger partial charge >= 0.3 is 0 Å². The van der Waals surface area contributed by atoms with Gasteiger partial charge in [-0.05, 0) is 11.1 Å². The Morgan fingerprint density at radius 1 is 1.20 bits per heavy atom. The number of hydrogen-bond donors (Lipinski definition) is 0. The van der Waals surface area contributed by atoms with Crippen molar-refractivity contribution in [2.45, 2.75) is 0 Å².